The summed E-state index contributed by atoms with van der Waals surface area (Å²) in [5, 5.41) is 13.5. The molecular weight excluding hydrogens is 403 g/mol. The van der Waals surface area contributed by atoms with Crippen molar-refractivity contribution in [1.82, 2.24) is 0 Å². The smallest absolute Gasteiger partial charge is 0.270 e. The van der Waals surface area contributed by atoms with Crippen molar-refractivity contribution in [3.05, 3.63) is 55.6 Å². The molecule has 1 N–H and O–H groups in total. The maximum atomic E-state index is 12.3. The largest absolute Gasteiger partial charge is 0.454 e. The standard InChI is InChI=1S/C14H9IN2O5/c15-11-3-2-9(17(19)20)6-10(11)14(18)16-8-1-4-12-13(5-8)22-7-21-12/h1-6H,7H2,(H,16,18). The van der Waals surface area contributed by atoms with Gasteiger partial charge in [0.05, 0.1) is 10.5 Å². The number of nitro benzene ring substituents is 1. The fourth-order valence-corrected chi connectivity index (χ4v) is 2.55. The van der Waals surface area contributed by atoms with E-state index in [1.165, 1.54) is 18.2 Å². The number of fused-ring (bicyclic) bond motifs is 1. The highest BCUT2D eigenvalue weighted by Crippen LogP contribution is 2.34. The number of ether oxygens (including phenoxy) is 2. The zero-order valence-electron chi connectivity index (χ0n) is 11.0. The third-order valence-corrected chi connectivity index (χ3v) is 3.98. The molecular formula is C14H9IN2O5. The Kier molecular flexibility index (Phi) is 3.84. The molecule has 0 fully saturated rings. The minimum atomic E-state index is -0.534. The molecule has 1 aliphatic heterocycles. The molecule has 2 aromatic carbocycles. The maximum Gasteiger partial charge on any atom is 0.270 e. The molecule has 0 aromatic heterocycles. The molecule has 0 atom stereocenters. The molecule has 0 bridgehead atoms. The van der Waals surface area contributed by atoms with Gasteiger partial charge in [0.25, 0.3) is 11.6 Å². The van der Waals surface area contributed by atoms with Gasteiger partial charge in [-0.2, -0.15) is 0 Å². The summed E-state index contributed by atoms with van der Waals surface area (Å²) in [4.78, 5) is 22.6. The van der Waals surface area contributed by atoms with Gasteiger partial charge in [-0.15, -0.1) is 0 Å². The average molecular weight is 412 g/mol. The van der Waals surface area contributed by atoms with Gasteiger partial charge in [0, 0.05) is 27.5 Å². The number of nitro groups is 1. The fourth-order valence-electron chi connectivity index (χ4n) is 1.97. The van der Waals surface area contributed by atoms with Crippen molar-refractivity contribution in [3.8, 4) is 11.5 Å². The lowest BCUT2D eigenvalue weighted by Crippen LogP contribution is -2.13. The van der Waals surface area contributed by atoms with E-state index < -0.39 is 10.8 Å². The van der Waals surface area contributed by atoms with Crippen LogP contribution < -0.4 is 14.8 Å². The zero-order valence-corrected chi connectivity index (χ0v) is 13.2. The van der Waals surface area contributed by atoms with E-state index in [0.29, 0.717) is 20.8 Å². The summed E-state index contributed by atoms with van der Waals surface area (Å²) < 4.78 is 11.1. The van der Waals surface area contributed by atoms with Crippen molar-refractivity contribution < 1.29 is 19.2 Å². The second-order valence-corrected chi connectivity index (χ2v) is 5.61. The third-order valence-electron chi connectivity index (χ3n) is 3.04. The zero-order chi connectivity index (χ0) is 15.7. The van der Waals surface area contributed by atoms with E-state index in [0.717, 1.165) is 0 Å². The number of benzene rings is 2. The quantitative estimate of drug-likeness (QED) is 0.475. The van der Waals surface area contributed by atoms with Gasteiger partial charge in [0.1, 0.15) is 0 Å². The van der Waals surface area contributed by atoms with Crippen molar-refractivity contribution in [1.29, 1.82) is 0 Å². The van der Waals surface area contributed by atoms with E-state index in [2.05, 4.69) is 5.32 Å². The van der Waals surface area contributed by atoms with Crippen LogP contribution >= 0.6 is 22.6 Å². The Morgan fingerprint density at radius 3 is 2.73 bits per heavy atom. The van der Waals surface area contributed by atoms with E-state index in [1.54, 1.807) is 18.2 Å². The summed E-state index contributed by atoms with van der Waals surface area (Å²) in [5.41, 5.74) is 0.639. The van der Waals surface area contributed by atoms with Crippen LogP contribution in [0.1, 0.15) is 10.4 Å². The van der Waals surface area contributed by atoms with Crippen LogP contribution in [0.2, 0.25) is 0 Å². The number of carbonyl (C=O) groups is 1. The summed E-state index contributed by atoms with van der Waals surface area (Å²) in [7, 11) is 0. The summed E-state index contributed by atoms with van der Waals surface area (Å²) in [6.07, 6.45) is 0. The minimum Gasteiger partial charge on any atom is -0.454 e. The molecule has 7 nitrogen and oxygen atoms in total. The van der Waals surface area contributed by atoms with E-state index in [1.807, 2.05) is 22.6 Å². The van der Waals surface area contributed by atoms with Crippen LogP contribution in [0.4, 0.5) is 11.4 Å². The molecule has 0 unspecified atom stereocenters. The first kappa shape index (κ1) is 14.6. The molecule has 1 amide bonds. The number of hydrogen-bond donors (Lipinski definition) is 1. The molecule has 2 aromatic rings. The first-order valence-corrected chi connectivity index (χ1v) is 7.27. The number of halogens is 1. The predicted octanol–water partition coefficient (Wildman–Crippen LogP) is 3.18. The van der Waals surface area contributed by atoms with Gasteiger partial charge < -0.3 is 14.8 Å². The van der Waals surface area contributed by atoms with E-state index >= 15 is 0 Å². The first-order valence-electron chi connectivity index (χ1n) is 6.19. The Balaban J connectivity index is 1.85. The van der Waals surface area contributed by atoms with Crippen LogP contribution in [0, 0.1) is 13.7 Å². The SMILES string of the molecule is O=C(Nc1ccc2c(c1)OCO2)c1cc([N+](=O)[O-])ccc1I. The second-order valence-electron chi connectivity index (χ2n) is 4.44. The van der Waals surface area contributed by atoms with Gasteiger partial charge in [-0.05, 0) is 40.8 Å². The molecule has 1 heterocycles. The summed E-state index contributed by atoms with van der Waals surface area (Å²) in [5.74, 6) is 0.737. The van der Waals surface area contributed by atoms with Gasteiger partial charge in [-0.25, -0.2) is 0 Å². The highest BCUT2D eigenvalue weighted by molar-refractivity contribution is 14.1. The van der Waals surface area contributed by atoms with E-state index in [4.69, 9.17) is 9.47 Å². The minimum absolute atomic E-state index is 0.128. The molecule has 112 valence electrons. The Morgan fingerprint density at radius 1 is 1.18 bits per heavy atom. The molecule has 0 radical (unpaired) electrons. The Bertz CT molecular complexity index is 778. The van der Waals surface area contributed by atoms with Gasteiger partial charge in [-0.1, -0.05) is 0 Å². The number of non-ortho nitro benzene ring substituents is 1. The van der Waals surface area contributed by atoms with E-state index in [-0.39, 0.29) is 18.0 Å². The number of anilines is 1. The number of nitrogens with one attached hydrogen (secondary N) is 1. The first-order chi connectivity index (χ1) is 10.5. The van der Waals surface area contributed by atoms with Crippen molar-refractivity contribution in [2.75, 3.05) is 12.1 Å². The molecule has 8 heteroatoms. The van der Waals surface area contributed by atoms with Crippen LogP contribution in [0.3, 0.4) is 0 Å². The van der Waals surface area contributed by atoms with Crippen LogP contribution in [0.5, 0.6) is 11.5 Å². The predicted molar refractivity (Wildman–Crippen MR) is 86.3 cm³/mol. The van der Waals surface area contributed by atoms with Gasteiger partial charge in [-0.3, -0.25) is 14.9 Å². The van der Waals surface area contributed by atoms with Crippen LogP contribution in [-0.2, 0) is 0 Å². The van der Waals surface area contributed by atoms with Crippen LogP contribution in [-0.4, -0.2) is 17.6 Å². The number of rotatable bonds is 3. The average Bonchev–Trinajstić information content (AvgIpc) is 2.94. The number of amides is 1. The molecule has 0 aliphatic carbocycles. The second kappa shape index (κ2) is 5.79. The highest BCUT2D eigenvalue weighted by atomic mass is 127. The van der Waals surface area contributed by atoms with Crippen LogP contribution in [0.25, 0.3) is 0 Å². The van der Waals surface area contributed by atoms with Crippen molar-refractivity contribution in [2.24, 2.45) is 0 Å². The number of carbonyl (C=O) groups excluding carboxylic acids is 1. The molecule has 1 aliphatic rings. The van der Waals surface area contributed by atoms with Gasteiger partial charge >= 0.3 is 0 Å². The molecule has 0 spiro atoms. The lowest BCUT2D eigenvalue weighted by atomic mass is 10.2. The fraction of sp³-hybridized carbons (Fsp3) is 0.0714. The Hall–Kier alpha value is -2.36. The Labute approximate surface area is 138 Å². The van der Waals surface area contributed by atoms with E-state index in [9.17, 15) is 14.9 Å². The Morgan fingerprint density at radius 2 is 1.95 bits per heavy atom. The lowest BCUT2D eigenvalue weighted by Gasteiger charge is -2.07. The summed E-state index contributed by atoms with van der Waals surface area (Å²) >= 11 is 1.96. The number of hydrogen-bond acceptors (Lipinski definition) is 5. The maximum absolute atomic E-state index is 12.3. The van der Waals surface area contributed by atoms with Crippen LogP contribution in [0.15, 0.2) is 36.4 Å². The topological polar surface area (TPSA) is 90.7 Å². The van der Waals surface area contributed by atoms with Crippen molar-refractivity contribution >= 4 is 39.9 Å². The number of nitrogens with zero attached hydrogens (tertiary/aromatic N) is 1. The monoisotopic (exact) mass is 412 g/mol. The van der Waals surface area contributed by atoms with Gasteiger partial charge in [0.2, 0.25) is 6.79 Å². The molecule has 0 saturated heterocycles. The van der Waals surface area contributed by atoms with Crippen molar-refractivity contribution in [3.63, 3.8) is 0 Å². The lowest BCUT2D eigenvalue weighted by molar-refractivity contribution is -0.384. The van der Waals surface area contributed by atoms with Gasteiger partial charge in [0.15, 0.2) is 11.5 Å². The van der Waals surface area contributed by atoms with Crippen molar-refractivity contribution in [2.45, 2.75) is 0 Å². The molecule has 22 heavy (non-hydrogen) atoms. The normalized spacial score (nSPS) is 12.0. The summed E-state index contributed by atoms with van der Waals surface area (Å²) in [6, 6.07) is 9.16. The summed E-state index contributed by atoms with van der Waals surface area (Å²) in [6.45, 7) is 0.148. The molecule has 0 saturated carbocycles. The molecule has 3 rings (SSSR count). The third kappa shape index (κ3) is 2.82. The highest BCUT2D eigenvalue weighted by Gasteiger charge is 2.18.